The largest absolute Gasteiger partial charge is 0.393 e. The number of aliphatic hydroxyl groups is 1. The van der Waals surface area contributed by atoms with Crippen molar-refractivity contribution in [3.05, 3.63) is 17.5 Å². The minimum atomic E-state index is -0.483. The van der Waals surface area contributed by atoms with E-state index in [0.29, 0.717) is 5.69 Å². The molecule has 1 aliphatic carbocycles. The molecule has 0 saturated heterocycles. The summed E-state index contributed by atoms with van der Waals surface area (Å²) in [6.45, 7) is 2.48. The van der Waals surface area contributed by atoms with Crippen molar-refractivity contribution in [2.24, 2.45) is 11.1 Å². The average molecular weight is 264 g/mol. The van der Waals surface area contributed by atoms with Crippen LogP contribution in [0.2, 0.25) is 0 Å². The van der Waals surface area contributed by atoms with Crippen LogP contribution in [0.5, 0.6) is 0 Å². The molecule has 104 valence electrons. The molecule has 2 atom stereocenters. The van der Waals surface area contributed by atoms with E-state index in [9.17, 15) is 9.90 Å². The van der Waals surface area contributed by atoms with Crippen molar-refractivity contribution in [1.82, 2.24) is 14.7 Å². The molecule has 2 aliphatic rings. The van der Waals surface area contributed by atoms with Gasteiger partial charge in [-0.25, -0.2) is 0 Å². The third-order valence-corrected chi connectivity index (χ3v) is 4.31. The maximum atomic E-state index is 11.2. The van der Waals surface area contributed by atoms with Crippen molar-refractivity contribution in [2.75, 3.05) is 13.6 Å². The van der Waals surface area contributed by atoms with Crippen LogP contribution in [0.25, 0.3) is 0 Å². The molecule has 2 heterocycles. The highest BCUT2D eigenvalue weighted by molar-refractivity contribution is 5.90. The fourth-order valence-corrected chi connectivity index (χ4v) is 3.58. The third kappa shape index (κ3) is 2.26. The van der Waals surface area contributed by atoms with Crippen LogP contribution < -0.4 is 5.73 Å². The molecule has 19 heavy (non-hydrogen) atoms. The number of hydrogen-bond donors (Lipinski definition) is 2. The zero-order chi connectivity index (χ0) is 13.6. The van der Waals surface area contributed by atoms with E-state index in [1.807, 2.05) is 4.68 Å². The predicted molar refractivity (Wildman–Crippen MR) is 69.4 cm³/mol. The Hall–Kier alpha value is -1.40. The van der Waals surface area contributed by atoms with E-state index in [0.717, 1.165) is 44.6 Å². The molecule has 1 aliphatic heterocycles. The molecule has 1 saturated carbocycles. The van der Waals surface area contributed by atoms with Crippen molar-refractivity contribution in [2.45, 2.75) is 38.5 Å². The Bertz CT molecular complexity index is 513. The van der Waals surface area contributed by atoms with Gasteiger partial charge in [0, 0.05) is 25.0 Å². The van der Waals surface area contributed by atoms with E-state index >= 15 is 0 Å². The van der Waals surface area contributed by atoms with Crippen LogP contribution in [0.4, 0.5) is 0 Å². The summed E-state index contributed by atoms with van der Waals surface area (Å²) in [5, 5.41) is 14.2. The number of rotatable bonds is 1. The lowest BCUT2D eigenvalue weighted by Gasteiger charge is -2.30. The molecule has 0 aromatic carbocycles. The number of nitrogens with zero attached hydrogens (tertiary/aromatic N) is 3. The smallest absolute Gasteiger partial charge is 0.269 e. The molecule has 1 fully saturated rings. The number of hydrogen-bond acceptors (Lipinski definition) is 4. The van der Waals surface area contributed by atoms with Crippen molar-refractivity contribution in [3.8, 4) is 0 Å². The van der Waals surface area contributed by atoms with E-state index in [-0.39, 0.29) is 11.5 Å². The molecule has 6 nitrogen and oxygen atoms in total. The summed E-state index contributed by atoms with van der Waals surface area (Å²) in [6, 6.07) is 1.78. The molecule has 0 bridgehead atoms. The normalized spacial score (nSPS) is 31.4. The average Bonchev–Trinajstić information content (AvgIpc) is 2.81. The van der Waals surface area contributed by atoms with E-state index in [1.54, 1.807) is 6.07 Å². The minimum absolute atomic E-state index is 0.0698. The number of aromatic nitrogens is 2. The van der Waals surface area contributed by atoms with Gasteiger partial charge >= 0.3 is 0 Å². The number of amides is 1. The van der Waals surface area contributed by atoms with E-state index in [2.05, 4.69) is 17.0 Å². The fourth-order valence-electron chi connectivity index (χ4n) is 3.58. The standard InChI is InChI=1S/C13H20N4O2/c1-16-6-9-4-11(12(14)19)15-17(9)8-13(7-16)3-2-10(18)5-13/h4,10,18H,2-3,5-8H2,1H3,(H2,14,19). The summed E-state index contributed by atoms with van der Waals surface area (Å²) in [5.74, 6) is -0.483. The highest BCUT2D eigenvalue weighted by Gasteiger charge is 2.41. The zero-order valence-corrected chi connectivity index (χ0v) is 11.2. The van der Waals surface area contributed by atoms with Gasteiger partial charge < -0.3 is 10.8 Å². The van der Waals surface area contributed by atoms with Crippen LogP contribution in [0.15, 0.2) is 6.07 Å². The Kier molecular flexibility index (Phi) is 2.87. The van der Waals surface area contributed by atoms with Gasteiger partial charge in [0.2, 0.25) is 0 Å². The van der Waals surface area contributed by atoms with Crippen LogP contribution in [0, 0.1) is 5.41 Å². The number of primary amides is 1. The van der Waals surface area contributed by atoms with E-state index in [4.69, 9.17) is 5.73 Å². The predicted octanol–water partition coefficient (Wildman–Crippen LogP) is -0.0414. The van der Waals surface area contributed by atoms with Gasteiger partial charge in [0.1, 0.15) is 5.69 Å². The van der Waals surface area contributed by atoms with E-state index in [1.165, 1.54) is 0 Å². The Morgan fingerprint density at radius 2 is 2.37 bits per heavy atom. The van der Waals surface area contributed by atoms with Crippen LogP contribution >= 0.6 is 0 Å². The highest BCUT2D eigenvalue weighted by Crippen LogP contribution is 2.42. The Balaban J connectivity index is 1.95. The molecule has 1 aromatic rings. The van der Waals surface area contributed by atoms with Crippen LogP contribution in [0.3, 0.4) is 0 Å². The molecule has 6 heteroatoms. The fraction of sp³-hybridized carbons (Fsp3) is 0.692. The van der Waals surface area contributed by atoms with Gasteiger partial charge in [-0.15, -0.1) is 0 Å². The summed E-state index contributed by atoms with van der Waals surface area (Å²) >= 11 is 0. The number of nitrogens with two attached hydrogens (primary N) is 1. The first kappa shape index (κ1) is 12.6. The van der Waals surface area contributed by atoms with Crippen molar-refractivity contribution >= 4 is 5.91 Å². The number of aliphatic hydroxyl groups excluding tert-OH is 1. The molecular formula is C13H20N4O2. The lowest BCUT2D eigenvalue weighted by Crippen LogP contribution is -2.34. The molecule has 0 radical (unpaired) electrons. The molecule has 3 N–H and O–H groups in total. The van der Waals surface area contributed by atoms with Crippen LogP contribution in [-0.2, 0) is 13.1 Å². The summed E-state index contributed by atoms with van der Waals surface area (Å²) in [4.78, 5) is 13.5. The van der Waals surface area contributed by atoms with Crippen LogP contribution in [-0.4, -0.2) is 45.4 Å². The van der Waals surface area contributed by atoms with Gasteiger partial charge in [0.15, 0.2) is 0 Å². The molecule has 1 aromatic heterocycles. The Morgan fingerprint density at radius 3 is 3.00 bits per heavy atom. The second kappa shape index (κ2) is 4.31. The SMILES string of the molecule is CN1Cc2cc(C(N)=O)nn2CC2(CCC(O)C2)C1. The maximum Gasteiger partial charge on any atom is 0.269 e. The summed E-state index contributed by atoms with van der Waals surface area (Å²) in [5.41, 5.74) is 6.72. The van der Waals surface area contributed by atoms with Gasteiger partial charge in [-0.1, -0.05) is 0 Å². The van der Waals surface area contributed by atoms with Gasteiger partial charge in [-0.2, -0.15) is 5.10 Å². The number of carbonyl (C=O) groups is 1. The summed E-state index contributed by atoms with van der Waals surface area (Å²) in [7, 11) is 2.07. The molecular weight excluding hydrogens is 244 g/mol. The number of fused-ring (bicyclic) bond motifs is 1. The molecule has 1 amide bonds. The topological polar surface area (TPSA) is 84.4 Å². The van der Waals surface area contributed by atoms with Gasteiger partial charge in [0.05, 0.1) is 11.8 Å². The minimum Gasteiger partial charge on any atom is -0.393 e. The van der Waals surface area contributed by atoms with Crippen molar-refractivity contribution in [3.63, 3.8) is 0 Å². The summed E-state index contributed by atoms with van der Waals surface area (Å²) in [6.07, 6.45) is 2.46. The first-order valence-corrected chi connectivity index (χ1v) is 6.71. The summed E-state index contributed by atoms with van der Waals surface area (Å²) < 4.78 is 1.90. The molecule has 1 spiro atoms. The van der Waals surface area contributed by atoms with Gasteiger partial charge in [-0.3, -0.25) is 14.4 Å². The quantitative estimate of drug-likeness (QED) is 0.745. The lowest BCUT2D eigenvalue weighted by atomic mass is 9.85. The van der Waals surface area contributed by atoms with Crippen molar-refractivity contribution in [1.29, 1.82) is 0 Å². The number of carbonyl (C=O) groups excluding carboxylic acids is 1. The Morgan fingerprint density at radius 1 is 1.58 bits per heavy atom. The van der Waals surface area contributed by atoms with Crippen LogP contribution in [0.1, 0.15) is 35.4 Å². The van der Waals surface area contributed by atoms with Gasteiger partial charge in [-0.05, 0) is 32.4 Å². The Labute approximate surface area is 112 Å². The van der Waals surface area contributed by atoms with Crippen molar-refractivity contribution < 1.29 is 9.90 Å². The first-order valence-electron chi connectivity index (χ1n) is 6.71. The molecule has 3 rings (SSSR count). The third-order valence-electron chi connectivity index (χ3n) is 4.31. The van der Waals surface area contributed by atoms with E-state index < -0.39 is 5.91 Å². The second-order valence-electron chi connectivity index (χ2n) is 6.11. The lowest BCUT2D eigenvalue weighted by molar-refractivity contribution is 0.0990. The highest BCUT2D eigenvalue weighted by atomic mass is 16.3. The monoisotopic (exact) mass is 264 g/mol. The van der Waals surface area contributed by atoms with Gasteiger partial charge in [0.25, 0.3) is 5.91 Å². The maximum absolute atomic E-state index is 11.2. The zero-order valence-electron chi connectivity index (χ0n) is 11.2. The first-order chi connectivity index (χ1) is 8.97. The second-order valence-corrected chi connectivity index (χ2v) is 6.11. The molecule has 2 unspecified atom stereocenters.